The molecule has 0 spiro atoms. The van der Waals surface area contributed by atoms with Crippen LogP contribution in [-0.2, 0) is 6.54 Å². The fraction of sp³-hybridized carbons (Fsp3) is 0.643. The molecule has 1 saturated carbocycles. The van der Waals surface area contributed by atoms with E-state index in [1.54, 1.807) is 0 Å². The summed E-state index contributed by atoms with van der Waals surface area (Å²) in [5, 5.41) is 3.50. The van der Waals surface area contributed by atoms with E-state index < -0.39 is 0 Å². The van der Waals surface area contributed by atoms with Gasteiger partial charge in [0.2, 0.25) is 0 Å². The van der Waals surface area contributed by atoms with E-state index in [0.717, 1.165) is 19.1 Å². The van der Waals surface area contributed by atoms with Crippen LogP contribution in [0.1, 0.15) is 32.3 Å². The van der Waals surface area contributed by atoms with E-state index in [2.05, 4.69) is 42.2 Å². The summed E-state index contributed by atoms with van der Waals surface area (Å²) in [5.41, 5.74) is 2.64. The smallest absolute Gasteiger partial charge is 0.0598 e. The number of nitrogens with one attached hydrogen (secondary N) is 1. The van der Waals surface area contributed by atoms with Crippen molar-refractivity contribution in [3.63, 3.8) is 0 Å². The van der Waals surface area contributed by atoms with E-state index in [1.165, 1.54) is 24.1 Å². The second-order valence-electron chi connectivity index (χ2n) is 5.37. The number of hydrogen-bond acceptors (Lipinski definition) is 3. The lowest BCUT2D eigenvalue weighted by atomic mass is 10.2. The maximum atomic E-state index is 4.25. The van der Waals surface area contributed by atoms with Crippen LogP contribution in [0, 0.1) is 5.92 Å². The van der Waals surface area contributed by atoms with Gasteiger partial charge in [0.1, 0.15) is 0 Å². The molecule has 1 aliphatic carbocycles. The van der Waals surface area contributed by atoms with Gasteiger partial charge in [-0.15, -0.1) is 0 Å². The van der Waals surface area contributed by atoms with Crippen LogP contribution in [0.3, 0.4) is 0 Å². The highest BCUT2D eigenvalue weighted by Gasteiger charge is 2.27. The van der Waals surface area contributed by atoms with Crippen LogP contribution in [0.2, 0.25) is 0 Å². The van der Waals surface area contributed by atoms with Crippen LogP contribution in [0.4, 0.5) is 5.69 Å². The minimum absolute atomic E-state index is 0.696. The first-order valence-corrected chi connectivity index (χ1v) is 6.55. The van der Waals surface area contributed by atoms with Crippen molar-refractivity contribution in [2.75, 3.05) is 18.5 Å². The fourth-order valence-electron chi connectivity index (χ4n) is 2.04. The molecule has 1 aromatic rings. The van der Waals surface area contributed by atoms with Crippen molar-refractivity contribution in [1.29, 1.82) is 0 Å². The second-order valence-corrected chi connectivity index (χ2v) is 5.37. The summed E-state index contributed by atoms with van der Waals surface area (Å²) >= 11 is 0. The van der Waals surface area contributed by atoms with Crippen LogP contribution < -0.4 is 10.2 Å². The van der Waals surface area contributed by atoms with Gasteiger partial charge in [-0.2, -0.15) is 0 Å². The number of pyridine rings is 1. The maximum absolute atomic E-state index is 4.25. The number of anilines is 1. The summed E-state index contributed by atoms with van der Waals surface area (Å²) in [4.78, 5) is 6.62. The molecule has 1 aliphatic rings. The minimum atomic E-state index is 0.696. The predicted octanol–water partition coefficient (Wildman–Crippen LogP) is 2.43. The van der Waals surface area contributed by atoms with Crippen molar-refractivity contribution in [1.82, 2.24) is 10.3 Å². The van der Waals surface area contributed by atoms with Gasteiger partial charge in [-0.05, 0) is 36.9 Å². The van der Waals surface area contributed by atoms with Crippen molar-refractivity contribution in [3.05, 3.63) is 24.0 Å². The average Bonchev–Trinajstić information content (AvgIpc) is 3.12. The van der Waals surface area contributed by atoms with Gasteiger partial charge in [0.05, 0.1) is 11.9 Å². The molecule has 2 rings (SSSR count). The van der Waals surface area contributed by atoms with E-state index >= 15 is 0 Å². The van der Waals surface area contributed by atoms with Gasteiger partial charge in [0.15, 0.2) is 0 Å². The predicted molar refractivity (Wildman–Crippen MR) is 72.2 cm³/mol. The van der Waals surface area contributed by atoms with Crippen molar-refractivity contribution in [2.24, 2.45) is 5.92 Å². The Balaban J connectivity index is 1.99. The molecular formula is C14H23N3. The monoisotopic (exact) mass is 233 g/mol. The van der Waals surface area contributed by atoms with Gasteiger partial charge in [-0.1, -0.05) is 13.8 Å². The van der Waals surface area contributed by atoms with E-state index in [4.69, 9.17) is 0 Å². The summed E-state index contributed by atoms with van der Waals surface area (Å²) in [5.74, 6) is 0.696. The SMILES string of the molecule is CC(C)CNCc1ccncc1N(C)C1CC1. The maximum Gasteiger partial charge on any atom is 0.0598 e. The van der Waals surface area contributed by atoms with E-state index in [-0.39, 0.29) is 0 Å². The van der Waals surface area contributed by atoms with E-state index in [9.17, 15) is 0 Å². The highest BCUT2D eigenvalue weighted by atomic mass is 15.2. The molecule has 0 unspecified atom stereocenters. The van der Waals surface area contributed by atoms with Gasteiger partial charge in [0, 0.05) is 25.8 Å². The molecule has 0 aromatic carbocycles. The molecule has 0 bridgehead atoms. The Labute approximate surface area is 104 Å². The first kappa shape index (κ1) is 12.4. The molecule has 0 amide bonds. The second kappa shape index (κ2) is 5.50. The molecule has 3 nitrogen and oxygen atoms in total. The lowest BCUT2D eigenvalue weighted by molar-refractivity contribution is 0.552. The minimum Gasteiger partial charge on any atom is -0.370 e. The third-order valence-corrected chi connectivity index (χ3v) is 3.23. The summed E-state index contributed by atoms with van der Waals surface area (Å²) < 4.78 is 0. The number of hydrogen-bond donors (Lipinski definition) is 1. The van der Waals surface area contributed by atoms with Crippen molar-refractivity contribution in [2.45, 2.75) is 39.3 Å². The van der Waals surface area contributed by atoms with Crippen LogP contribution in [0.15, 0.2) is 18.5 Å². The molecule has 1 heterocycles. The zero-order valence-corrected chi connectivity index (χ0v) is 11.1. The zero-order valence-electron chi connectivity index (χ0n) is 11.1. The lowest BCUT2D eigenvalue weighted by Gasteiger charge is -2.22. The first-order chi connectivity index (χ1) is 8.18. The van der Waals surface area contributed by atoms with E-state index in [0.29, 0.717) is 5.92 Å². The number of rotatable bonds is 6. The molecule has 17 heavy (non-hydrogen) atoms. The first-order valence-electron chi connectivity index (χ1n) is 6.55. The normalized spacial score (nSPS) is 15.3. The molecule has 1 aromatic heterocycles. The van der Waals surface area contributed by atoms with Crippen molar-refractivity contribution < 1.29 is 0 Å². The van der Waals surface area contributed by atoms with Gasteiger partial charge in [-0.25, -0.2) is 0 Å². The number of nitrogens with zero attached hydrogens (tertiary/aromatic N) is 2. The van der Waals surface area contributed by atoms with Gasteiger partial charge >= 0.3 is 0 Å². The summed E-state index contributed by atoms with van der Waals surface area (Å²) in [7, 11) is 2.18. The zero-order chi connectivity index (χ0) is 12.3. The standard InChI is InChI=1S/C14H23N3/c1-11(2)8-16-9-12-6-7-15-10-14(12)17(3)13-4-5-13/h6-7,10-11,13,16H,4-5,8-9H2,1-3H3. The third-order valence-electron chi connectivity index (χ3n) is 3.23. The molecule has 1 N–H and O–H groups in total. The fourth-order valence-corrected chi connectivity index (χ4v) is 2.04. The Kier molecular flexibility index (Phi) is 4.00. The Morgan fingerprint density at radius 1 is 1.47 bits per heavy atom. The Morgan fingerprint density at radius 2 is 2.24 bits per heavy atom. The molecule has 1 fully saturated rings. The summed E-state index contributed by atoms with van der Waals surface area (Å²) in [6, 6.07) is 2.87. The quantitative estimate of drug-likeness (QED) is 0.818. The van der Waals surface area contributed by atoms with Crippen LogP contribution in [0.25, 0.3) is 0 Å². The molecule has 0 radical (unpaired) electrons. The van der Waals surface area contributed by atoms with Crippen molar-refractivity contribution >= 4 is 5.69 Å². The molecule has 94 valence electrons. The molecular weight excluding hydrogens is 210 g/mol. The largest absolute Gasteiger partial charge is 0.370 e. The number of aromatic nitrogens is 1. The summed E-state index contributed by atoms with van der Waals surface area (Å²) in [6.07, 6.45) is 6.52. The molecule has 0 atom stereocenters. The average molecular weight is 233 g/mol. The highest BCUT2D eigenvalue weighted by Crippen LogP contribution is 2.31. The van der Waals surface area contributed by atoms with Crippen LogP contribution >= 0.6 is 0 Å². The Hall–Kier alpha value is -1.09. The van der Waals surface area contributed by atoms with Crippen LogP contribution in [-0.4, -0.2) is 24.6 Å². The topological polar surface area (TPSA) is 28.2 Å². The lowest BCUT2D eigenvalue weighted by Crippen LogP contribution is -2.24. The molecule has 3 heteroatoms. The van der Waals surface area contributed by atoms with Gasteiger partial charge in [0.25, 0.3) is 0 Å². The molecule has 0 saturated heterocycles. The molecule has 0 aliphatic heterocycles. The van der Waals surface area contributed by atoms with Gasteiger partial charge < -0.3 is 10.2 Å². The van der Waals surface area contributed by atoms with Crippen molar-refractivity contribution in [3.8, 4) is 0 Å². The Bertz CT molecular complexity index is 358. The third kappa shape index (κ3) is 3.43. The van der Waals surface area contributed by atoms with Crippen LogP contribution in [0.5, 0.6) is 0 Å². The van der Waals surface area contributed by atoms with Gasteiger partial charge in [-0.3, -0.25) is 4.98 Å². The highest BCUT2D eigenvalue weighted by molar-refractivity contribution is 5.52. The van der Waals surface area contributed by atoms with E-state index in [1.807, 2.05) is 12.4 Å². The Morgan fingerprint density at radius 3 is 2.88 bits per heavy atom. The summed E-state index contributed by atoms with van der Waals surface area (Å²) in [6.45, 7) is 6.47.